The second-order valence-corrected chi connectivity index (χ2v) is 4.71. The van der Waals surface area contributed by atoms with Gasteiger partial charge in [0.25, 0.3) is 0 Å². The third kappa shape index (κ3) is 0.826. The molecule has 2 heteroatoms. The van der Waals surface area contributed by atoms with Crippen LogP contribution in [0.15, 0.2) is 0 Å². The Morgan fingerprint density at radius 3 is 3.00 bits per heavy atom. The highest BCUT2D eigenvalue weighted by Gasteiger charge is 2.51. The quantitative estimate of drug-likeness (QED) is 0.584. The van der Waals surface area contributed by atoms with Crippen molar-refractivity contribution in [2.24, 2.45) is 11.3 Å². The third-order valence-corrected chi connectivity index (χ3v) is 4.08. The summed E-state index contributed by atoms with van der Waals surface area (Å²) in [5.74, 6) is 0.832. The number of rotatable bonds is 0. The maximum absolute atomic E-state index is 5.70. The Kier molecular flexibility index (Phi) is 1.50. The van der Waals surface area contributed by atoms with Crippen molar-refractivity contribution >= 4 is 0 Å². The average molecular weight is 167 g/mol. The average Bonchev–Trinajstić information content (AvgIpc) is 2.47. The summed E-state index contributed by atoms with van der Waals surface area (Å²) >= 11 is 0. The van der Waals surface area contributed by atoms with E-state index in [9.17, 15) is 0 Å². The smallest absolute Gasteiger partial charge is 0.0537 e. The van der Waals surface area contributed by atoms with Gasteiger partial charge >= 0.3 is 0 Å². The summed E-state index contributed by atoms with van der Waals surface area (Å²) in [6.07, 6.45) is 5.57. The Labute approximate surface area is 73.7 Å². The molecule has 2 unspecified atom stereocenters. The molecule has 1 saturated carbocycles. The lowest BCUT2D eigenvalue weighted by atomic mass is 9.61. The fraction of sp³-hybridized carbons (Fsp3) is 1.00. The second kappa shape index (κ2) is 2.46. The molecule has 0 aromatic rings. The van der Waals surface area contributed by atoms with Gasteiger partial charge in [0.1, 0.15) is 0 Å². The molecule has 68 valence electrons. The first-order valence-corrected chi connectivity index (χ1v) is 5.22. The van der Waals surface area contributed by atoms with Crippen molar-refractivity contribution in [2.75, 3.05) is 19.8 Å². The normalized spacial score (nSPS) is 44.0. The van der Waals surface area contributed by atoms with Gasteiger partial charge in [-0.15, -0.1) is 0 Å². The van der Waals surface area contributed by atoms with Crippen molar-refractivity contribution in [2.45, 2.75) is 31.7 Å². The van der Waals surface area contributed by atoms with Gasteiger partial charge in [-0.05, 0) is 31.7 Å². The largest absolute Gasteiger partial charge is 0.380 e. The minimum Gasteiger partial charge on any atom is -0.380 e. The molecule has 1 N–H and O–H groups in total. The topological polar surface area (TPSA) is 21.3 Å². The van der Waals surface area contributed by atoms with E-state index in [1.54, 1.807) is 0 Å². The second-order valence-electron chi connectivity index (χ2n) is 4.71. The van der Waals surface area contributed by atoms with Crippen LogP contribution in [0.1, 0.15) is 25.7 Å². The van der Waals surface area contributed by atoms with Crippen LogP contribution in [0.3, 0.4) is 0 Å². The Bertz CT molecular complexity index is 188. The Balaban J connectivity index is 1.83. The number of fused-ring (bicyclic) bond motifs is 2. The molecule has 1 aliphatic carbocycles. The third-order valence-electron chi connectivity index (χ3n) is 4.08. The van der Waals surface area contributed by atoms with Crippen molar-refractivity contribution in [3.8, 4) is 0 Å². The lowest BCUT2D eigenvalue weighted by molar-refractivity contribution is -0.0953. The van der Waals surface area contributed by atoms with Crippen molar-refractivity contribution < 1.29 is 4.74 Å². The molecule has 2 nitrogen and oxygen atoms in total. The van der Waals surface area contributed by atoms with Crippen LogP contribution in [0, 0.1) is 11.3 Å². The SMILES string of the molecule is C1CC2(C1)COCC1CCNC12. The first kappa shape index (κ1) is 7.34. The molecule has 2 atom stereocenters. The highest BCUT2D eigenvalue weighted by atomic mass is 16.5. The molecule has 3 aliphatic rings. The number of nitrogens with one attached hydrogen (secondary N) is 1. The van der Waals surface area contributed by atoms with Crippen LogP contribution in [0.25, 0.3) is 0 Å². The zero-order valence-corrected chi connectivity index (χ0v) is 7.51. The molecule has 0 aromatic carbocycles. The van der Waals surface area contributed by atoms with Crippen LogP contribution in [0.4, 0.5) is 0 Å². The molecule has 2 saturated heterocycles. The molecule has 12 heavy (non-hydrogen) atoms. The highest BCUT2D eigenvalue weighted by molar-refractivity contribution is 5.04. The van der Waals surface area contributed by atoms with Gasteiger partial charge in [-0.25, -0.2) is 0 Å². The van der Waals surface area contributed by atoms with Gasteiger partial charge in [0.2, 0.25) is 0 Å². The summed E-state index contributed by atoms with van der Waals surface area (Å²) in [4.78, 5) is 0. The van der Waals surface area contributed by atoms with Crippen LogP contribution in [-0.2, 0) is 4.74 Å². The molecule has 1 spiro atoms. The van der Waals surface area contributed by atoms with Gasteiger partial charge in [0.05, 0.1) is 13.2 Å². The van der Waals surface area contributed by atoms with Gasteiger partial charge in [-0.1, -0.05) is 6.42 Å². The van der Waals surface area contributed by atoms with E-state index in [2.05, 4.69) is 5.32 Å². The van der Waals surface area contributed by atoms with Crippen molar-refractivity contribution in [1.82, 2.24) is 5.32 Å². The zero-order valence-electron chi connectivity index (χ0n) is 7.51. The fourth-order valence-corrected chi connectivity index (χ4v) is 3.24. The fourth-order valence-electron chi connectivity index (χ4n) is 3.24. The van der Waals surface area contributed by atoms with E-state index < -0.39 is 0 Å². The monoisotopic (exact) mass is 167 g/mol. The van der Waals surface area contributed by atoms with E-state index in [1.165, 1.54) is 32.2 Å². The molecule has 3 fully saturated rings. The summed E-state index contributed by atoms with van der Waals surface area (Å²) in [7, 11) is 0. The van der Waals surface area contributed by atoms with Crippen molar-refractivity contribution in [1.29, 1.82) is 0 Å². The van der Waals surface area contributed by atoms with Crippen LogP contribution in [-0.4, -0.2) is 25.8 Å². The van der Waals surface area contributed by atoms with E-state index in [4.69, 9.17) is 4.74 Å². The molecule has 0 amide bonds. The molecule has 0 radical (unpaired) electrons. The van der Waals surface area contributed by atoms with Crippen LogP contribution in [0.2, 0.25) is 0 Å². The maximum atomic E-state index is 5.70. The lowest BCUT2D eigenvalue weighted by Crippen LogP contribution is -2.56. The van der Waals surface area contributed by atoms with Crippen LogP contribution < -0.4 is 5.32 Å². The van der Waals surface area contributed by atoms with E-state index in [1.807, 2.05) is 0 Å². The minimum atomic E-state index is 0.569. The Morgan fingerprint density at radius 2 is 2.25 bits per heavy atom. The molecular formula is C10H17NO. The van der Waals surface area contributed by atoms with Gasteiger partial charge < -0.3 is 10.1 Å². The summed E-state index contributed by atoms with van der Waals surface area (Å²) in [6.45, 7) is 3.26. The summed E-state index contributed by atoms with van der Waals surface area (Å²) in [5, 5.41) is 3.67. The van der Waals surface area contributed by atoms with Crippen LogP contribution >= 0.6 is 0 Å². The van der Waals surface area contributed by atoms with E-state index >= 15 is 0 Å². The predicted octanol–water partition coefficient (Wildman–Crippen LogP) is 1.17. The summed E-state index contributed by atoms with van der Waals surface area (Å²) in [5.41, 5.74) is 0.569. The van der Waals surface area contributed by atoms with E-state index in [0.717, 1.165) is 25.2 Å². The summed E-state index contributed by atoms with van der Waals surface area (Å²) < 4.78 is 5.70. The highest BCUT2D eigenvalue weighted by Crippen LogP contribution is 2.50. The molecule has 0 aromatic heterocycles. The van der Waals surface area contributed by atoms with Crippen molar-refractivity contribution in [3.63, 3.8) is 0 Å². The standard InChI is InChI=1S/C10H17NO/c1-3-10(4-1)7-12-6-8-2-5-11-9(8)10/h8-9,11H,1-7H2. The first-order valence-electron chi connectivity index (χ1n) is 5.22. The molecule has 3 rings (SSSR count). The predicted molar refractivity (Wildman–Crippen MR) is 47.0 cm³/mol. The molecular weight excluding hydrogens is 150 g/mol. The molecule has 2 aliphatic heterocycles. The number of hydrogen-bond acceptors (Lipinski definition) is 2. The molecule has 0 bridgehead atoms. The van der Waals surface area contributed by atoms with Gasteiger partial charge in [-0.2, -0.15) is 0 Å². The Hall–Kier alpha value is -0.0800. The Morgan fingerprint density at radius 1 is 1.33 bits per heavy atom. The number of ether oxygens (including phenoxy) is 1. The lowest BCUT2D eigenvalue weighted by Gasteiger charge is -2.51. The van der Waals surface area contributed by atoms with E-state index in [0.29, 0.717) is 5.41 Å². The van der Waals surface area contributed by atoms with E-state index in [-0.39, 0.29) is 0 Å². The van der Waals surface area contributed by atoms with Gasteiger partial charge in [-0.3, -0.25) is 0 Å². The van der Waals surface area contributed by atoms with Gasteiger partial charge in [0, 0.05) is 11.5 Å². The first-order chi connectivity index (χ1) is 5.91. The number of hydrogen-bond donors (Lipinski definition) is 1. The minimum absolute atomic E-state index is 0.569. The maximum Gasteiger partial charge on any atom is 0.0537 e. The summed E-state index contributed by atoms with van der Waals surface area (Å²) in [6, 6.07) is 0.806. The van der Waals surface area contributed by atoms with Crippen molar-refractivity contribution in [3.05, 3.63) is 0 Å². The molecule has 2 heterocycles. The van der Waals surface area contributed by atoms with Crippen LogP contribution in [0.5, 0.6) is 0 Å². The zero-order chi connectivity index (χ0) is 8.02. The van der Waals surface area contributed by atoms with Gasteiger partial charge in [0.15, 0.2) is 0 Å².